The predicted molar refractivity (Wildman–Crippen MR) is 89.7 cm³/mol. The first-order valence-corrected chi connectivity index (χ1v) is 8.54. The molecule has 1 aliphatic heterocycles. The zero-order chi connectivity index (χ0) is 17.2. The fraction of sp³-hybridized carbons (Fsp3) is 0.588. The first-order chi connectivity index (χ1) is 10.6. The van der Waals surface area contributed by atoms with Crippen LogP contribution in [0.15, 0.2) is 22.7 Å². The van der Waals surface area contributed by atoms with Crippen molar-refractivity contribution in [3.63, 3.8) is 0 Å². The van der Waals surface area contributed by atoms with Gasteiger partial charge in [-0.25, -0.2) is 9.18 Å². The van der Waals surface area contributed by atoms with Crippen molar-refractivity contribution in [2.75, 3.05) is 13.1 Å². The second-order valence-corrected chi connectivity index (χ2v) is 7.94. The minimum atomic E-state index is -0.615. The molecule has 2 rings (SSSR count). The number of amides is 1. The largest absolute Gasteiger partial charge is 0.444 e. The molecule has 1 aliphatic rings. The van der Waals surface area contributed by atoms with E-state index in [2.05, 4.69) is 15.9 Å². The quantitative estimate of drug-likeness (QED) is 0.858. The Morgan fingerprint density at radius 1 is 1.48 bits per heavy atom. The summed E-state index contributed by atoms with van der Waals surface area (Å²) < 4.78 is 19.4. The Balaban J connectivity index is 1.92. The molecule has 1 amide bonds. The molecule has 1 saturated heterocycles. The van der Waals surface area contributed by atoms with Crippen LogP contribution >= 0.6 is 15.9 Å². The molecule has 1 aromatic carbocycles. The molecule has 0 bridgehead atoms. The molecule has 1 N–H and O–H groups in total. The van der Waals surface area contributed by atoms with Crippen LogP contribution in [-0.4, -0.2) is 40.9 Å². The smallest absolute Gasteiger partial charge is 0.410 e. The summed E-state index contributed by atoms with van der Waals surface area (Å²) in [6, 6.07) is 4.61. The van der Waals surface area contributed by atoms with E-state index in [-0.39, 0.29) is 17.8 Å². The highest BCUT2D eigenvalue weighted by atomic mass is 79.9. The van der Waals surface area contributed by atoms with Crippen LogP contribution in [0.2, 0.25) is 0 Å². The van der Waals surface area contributed by atoms with Crippen LogP contribution in [0.1, 0.15) is 32.8 Å². The van der Waals surface area contributed by atoms with Crippen molar-refractivity contribution < 1.29 is 19.0 Å². The lowest BCUT2D eigenvalue weighted by atomic mass is 9.95. The number of carbonyl (C=O) groups is 1. The number of hydrogen-bond donors (Lipinski definition) is 1. The van der Waals surface area contributed by atoms with Crippen molar-refractivity contribution >= 4 is 22.0 Å². The number of carbonyl (C=O) groups excluding carboxylic acids is 1. The second kappa shape index (κ2) is 7.18. The Morgan fingerprint density at radius 3 is 2.78 bits per heavy atom. The van der Waals surface area contributed by atoms with E-state index in [4.69, 9.17) is 4.74 Å². The van der Waals surface area contributed by atoms with Crippen molar-refractivity contribution in [1.29, 1.82) is 0 Å². The van der Waals surface area contributed by atoms with Crippen molar-refractivity contribution in [2.45, 2.75) is 45.3 Å². The summed E-state index contributed by atoms with van der Waals surface area (Å²) in [5.74, 6) is -0.354. The average Bonchev–Trinajstić information content (AvgIpc) is 2.84. The standard InChI is InChI=1S/C17H23BrFNO3/c1-17(2,3)23-16(22)20-5-4-12(10-20)15(21)8-11-6-13(18)9-14(19)7-11/h6-7,9,12,15,21H,4-5,8,10H2,1-3H3. The van der Waals surface area contributed by atoms with E-state index in [0.29, 0.717) is 24.0 Å². The number of likely N-dealkylation sites (tertiary alicyclic amines) is 1. The third kappa shape index (κ3) is 5.46. The van der Waals surface area contributed by atoms with Crippen LogP contribution in [0, 0.1) is 11.7 Å². The Kier molecular flexibility index (Phi) is 5.68. The van der Waals surface area contributed by atoms with Gasteiger partial charge >= 0.3 is 6.09 Å². The molecule has 0 aliphatic carbocycles. The fourth-order valence-electron chi connectivity index (χ4n) is 2.73. The van der Waals surface area contributed by atoms with Crippen LogP contribution in [0.4, 0.5) is 9.18 Å². The minimum Gasteiger partial charge on any atom is -0.444 e. The molecule has 0 spiro atoms. The molecule has 4 nitrogen and oxygen atoms in total. The average molecular weight is 388 g/mol. The summed E-state index contributed by atoms with van der Waals surface area (Å²) in [6.07, 6.45) is 0.122. The van der Waals surface area contributed by atoms with E-state index in [9.17, 15) is 14.3 Å². The summed E-state index contributed by atoms with van der Waals surface area (Å²) in [6.45, 7) is 6.52. The van der Waals surface area contributed by atoms with E-state index in [1.807, 2.05) is 20.8 Å². The number of aliphatic hydroxyl groups excluding tert-OH is 1. The van der Waals surface area contributed by atoms with Gasteiger partial charge in [0.2, 0.25) is 0 Å². The topological polar surface area (TPSA) is 49.8 Å². The zero-order valence-corrected chi connectivity index (χ0v) is 15.3. The van der Waals surface area contributed by atoms with Crippen LogP contribution in [0.5, 0.6) is 0 Å². The lowest BCUT2D eigenvalue weighted by molar-refractivity contribution is 0.0269. The van der Waals surface area contributed by atoms with Crippen molar-refractivity contribution in [1.82, 2.24) is 4.90 Å². The molecule has 1 aromatic rings. The summed E-state index contributed by atoms with van der Waals surface area (Å²) in [5.41, 5.74) is 0.210. The minimum absolute atomic E-state index is 0.0236. The number of benzene rings is 1. The first kappa shape index (κ1) is 18.2. The summed E-state index contributed by atoms with van der Waals surface area (Å²) in [4.78, 5) is 13.7. The molecule has 2 atom stereocenters. The molecule has 128 valence electrons. The summed E-state index contributed by atoms with van der Waals surface area (Å²) >= 11 is 3.25. The van der Waals surface area contributed by atoms with Gasteiger partial charge in [-0.15, -0.1) is 0 Å². The summed E-state index contributed by atoms with van der Waals surface area (Å²) in [7, 11) is 0. The van der Waals surface area contributed by atoms with Gasteiger partial charge in [-0.2, -0.15) is 0 Å². The van der Waals surface area contributed by atoms with E-state index in [1.165, 1.54) is 12.1 Å². The number of halogens is 2. The molecule has 0 aromatic heterocycles. The van der Waals surface area contributed by atoms with E-state index in [1.54, 1.807) is 11.0 Å². The molecule has 0 saturated carbocycles. The maximum absolute atomic E-state index is 13.4. The van der Waals surface area contributed by atoms with Crippen LogP contribution in [0.25, 0.3) is 0 Å². The van der Waals surface area contributed by atoms with E-state index < -0.39 is 11.7 Å². The van der Waals surface area contributed by atoms with Crippen LogP contribution in [0.3, 0.4) is 0 Å². The van der Waals surface area contributed by atoms with Crippen LogP contribution in [-0.2, 0) is 11.2 Å². The lowest BCUT2D eigenvalue weighted by Crippen LogP contribution is -2.36. The van der Waals surface area contributed by atoms with Gasteiger partial charge in [0.25, 0.3) is 0 Å². The highest BCUT2D eigenvalue weighted by Crippen LogP contribution is 2.25. The van der Waals surface area contributed by atoms with Gasteiger partial charge in [-0.3, -0.25) is 0 Å². The Hall–Kier alpha value is -1.14. The van der Waals surface area contributed by atoms with Gasteiger partial charge in [0.05, 0.1) is 6.10 Å². The van der Waals surface area contributed by atoms with Crippen molar-refractivity contribution in [2.24, 2.45) is 5.92 Å². The second-order valence-electron chi connectivity index (χ2n) is 7.02. The van der Waals surface area contributed by atoms with Gasteiger partial charge in [0.1, 0.15) is 11.4 Å². The Bertz CT molecular complexity index is 553. The zero-order valence-electron chi connectivity index (χ0n) is 13.7. The Labute approximate surface area is 144 Å². The van der Waals surface area contributed by atoms with Gasteiger partial charge in [0.15, 0.2) is 0 Å². The number of ether oxygens (including phenoxy) is 1. The molecule has 6 heteroatoms. The third-order valence-corrected chi connectivity index (χ3v) is 4.25. The maximum atomic E-state index is 13.4. The van der Waals surface area contributed by atoms with Crippen LogP contribution < -0.4 is 0 Å². The van der Waals surface area contributed by atoms with Crippen molar-refractivity contribution in [3.05, 3.63) is 34.1 Å². The first-order valence-electron chi connectivity index (χ1n) is 7.75. The van der Waals surface area contributed by atoms with Gasteiger partial charge in [-0.1, -0.05) is 15.9 Å². The molecule has 1 heterocycles. The molecule has 0 radical (unpaired) electrons. The van der Waals surface area contributed by atoms with E-state index >= 15 is 0 Å². The van der Waals surface area contributed by atoms with Gasteiger partial charge in [0, 0.05) is 23.5 Å². The van der Waals surface area contributed by atoms with E-state index in [0.717, 1.165) is 12.0 Å². The summed E-state index contributed by atoms with van der Waals surface area (Å²) in [5, 5.41) is 10.4. The monoisotopic (exact) mass is 387 g/mol. The molecule has 1 fully saturated rings. The van der Waals surface area contributed by atoms with Crippen molar-refractivity contribution in [3.8, 4) is 0 Å². The predicted octanol–water partition coefficient (Wildman–Crippen LogP) is 3.75. The third-order valence-electron chi connectivity index (χ3n) is 3.79. The number of aliphatic hydroxyl groups is 1. The maximum Gasteiger partial charge on any atom is 0.410 e. The van der Waals surface area contributed by atoms with Gasteiger partial charge in [-0.05, 0) is 57.4 Å². The molecule has 2 unspecified atom stereocenters. The fourth-order valence-corrected chi connectivity index (χ4v) is 3.24. The molecular weight excluding hydrogens is 365 g/mol. The SMILES string of the molecule is CC(C)(C)OC(=O)N1CCC(C(O)Cc2cc(F)cc(Br)c2)C1. The highest BCUT2D eigenvalue weighted by Gasteiger charge is 2.33. The molecular formula is C17H23BrFNO3. The number of nitrogens with zero attached hydrogens (tertiary/aromatic N) is 1. The number of rotatable bonds is 3. The van der Waals surface area contributed by atoms with Gasteiger partial charge < -0.3 is 14.7 Å². The normalized spacial score (nSPS) is 19.7. The molecule has 23 heavy (non-hydrogen) atoms. The lowest BCUT2D eigenvalue weighted by Gasteiger charge is -2.25. The highest BCUT2D eigenvalue weighted by molar-refractivity contribution is 9.10. The Morgan fingerprint density at radius 2 is 2.17 bits per heavy atom. The number of hydrogen-bond acceptors (Lipinski definition) is 3.